The minimum absolute atomic E-state index is 0.864. The molecule has 26 heavy (non-hydrogen) atoms. The largest absolute Gasteiger partial charge is 0.338 e. The molecular formula is C20H23N5S. The molecule has 0 radical (unpaired) electrons. The van der Waals surface area contributed by atoms with Crippen molar-refractivity contribution >= 4 is 17.3 Å². The third kappa shape index (κ3) is 3.92. The monoisotopic (exact) mass is 365 g/mol. The van der Waals surface area contributed by atoms with Crippen LogP contribution in [0.5, 0.6) is 0 Å². The van der Waals surface area contributed by atoms with E-state index in [0.29, 0.717) is 0 Å². The van der Waals surface area contributed by atoms with Gasteiger partial charge in [-0.1, -0.05) is 30.3 Å². The van der Waals surface area contributed by atoms with Crippen LogP contribution in [0.25, 0.3) is 11.3 Å². The Labute approximate surface area is 158 Å². The maximum Gasteiger partial charge on any atom is 0.225 e. The molecule has 1 aliphatic heterocycles. The highest BCUT2D eigenvalue weighted by atomic mass is 32.1. The van der Waals surface area contributed by atoms with Crippen molar-refractivity contribution in [2.75, 3.05) is 31.1 Å². The van der Waals surface area contributed by atoms with Crippen LogP contribution in [-0.4, -0.2) is 46.0 Å². The van der Waals surface area contributed by atoms with Gasteiger partial charge in [-0.25, -0.2) is 15.0 Å². The van der Waals surface area contributed by atoms with Crippen molar-refractivity contribution in [1.82, 2.24) is 19.9 Å². The smallest absolute Gasteiger partial charge is 0.225 e. The average Bonchev–Trinajstić information content (AvgIpc) is 3.11. The van der Waals surface area contributed by atoms with Crippen LogP contribution in [-0.2, 0) is 6.54 Å². The lowest BCUT2D eigenvalue weighted by molar-refractivity contribution is 0.248. The van der Waals surface area contributed by atoms with Crippen LogP contribution >= 0.6 is 11.3 Å². The summed E-state index contributed by atoms with van der Waals surface area (Å²) in [7, 11) is 0. The molecule has 0 atom stereocenters. The van der Waals surface area contributed by atoms with Crippen LogP contribution < -0.4 is 4.90 Å². The Hall–Kier alpha value is -2.31. The number of hydrogen-bond acceptors (Lipinski definition) is 6. The average molecular weight is 366 g/mol. The molecule has 1 saturated heterocycles. The van der Waals surface area contributed by atoms with Crippen LogP contribution in [0, 0.1) is 13.8 Å². The van der Waals surface area contributed by atoms with Crippen molar-refractivity contribution in [2.24, 2.45) is 0 Å². The molecule has 1 fully saturated rings. The molecule has 1 aromatic carbocycles. The number of aromatic nitrogens is 3. The van der Waals surface area contributed by atoms with Crippen molar-refractivity contribution in [3.63, 3.8) is 0 Å². The standard InChI is InChI=1S/C20H23N5S/c1-15-12-16(2)22-20(21-15)25-10-8-24(9-11-25)13-19-23-18(14-26-19)17-6-4-3-5-7-17/h3-7,12,14H,8-11,13H2,1-2H3. The first-order valence-electron chi connectivity index (χ1n) is 8.97. The summed E-state index contributed by atoms with van der Waals surface area (Å²) in [6.07, 6.45) is 0. The Bertz CT molecular complexity index is 849. The lowest BCUT2D eigenvalue weighted by atomic mass is 10.2. The van der Waals surface area contributed by atoms with E-state index in [2.05, 4.69) is 49.4 Å². The maximum absolute atomic E-state index is 4.81. The van der Waals surface area contributed by atoms with Gasteiger partial charge in [0.05, 0.1) is 12.2 Å². The number of nitrogens with zero attached hydrogens (tertiary/aromatic N) is 5. The van der Waals surface area contributed by atoms with E-state index in [1.165, 1.54) is 10.6 Å². The lowest BCUT2D eigenvalue weighted by Crippen LogP contribution is -2.46. The summed E-state index contributed by atoms with van der Waals surface area (Å²) in [4.78, 5) is 18.7. The van der Waals surface area contributed by atoms with Gasteiger partial charge in [-0.3, -0.25) is 4.90 Å². The zero-order chi connectivity index (χ0) is 17.9. The number of aryl methyl sites for hydroxylation is 2. The van der Waals surface area contributed by atoms with Gasteiger partial charge in [0.1, 0.15) is 5.01 Å². The first-order chi connectivity index (χ1) is 12.7. The highest BCUT2D eigenvalue weighted by Crippen LogP contribution is 2.23. The molecular weight excluding hydrogens is 342 g/mol. The molecule has 3 aromatic rings. The summed E-state index contributed by atoms with van der Waals surface area (Å²) in [6.45, 7) is 8.91. The second-order valence-corrected chi connectivity index (χ2v) is 7.65. The molecule has 0 aliphatic carbocycles. The normalized spacial score (nSPS) is 15.4. The number of rotatable bonds is 4. The maximum atomic E-state index is 4.81. The lowest BCUT2D eigenvalue weighted by Gasteiger charge is -2.34. The van der Waals surface area contributed by atoms with Gasteiger partial charge in [0.2, 0.25) is 5.95 Å². The number of benzene rings is 1. The molecule has 4 rings (SSSR count). The molecule has 0 amide bonds. The minimum atomic E-state index is 0.864. The predicted octanol–water partition coefficient (Wildman–Crippen LogP) is 3.54. The second-order valence-electron chi connectivity index (χ2n) is 6.71. The third-order valence-corrected chi connectivity index (χ3v) is 5.44. The van der Waals surface area contributed by atoms with Gasteiger partial charge >= 0.3 is 0 Å². The van der Waals surface area contributed by atoms with Gasteiger partial charge in [0.15, 0.2) is 0 Å². The summed E-state index contributed by atoms with van der Waals surface area (Å²) in [5, 5.41) is 3.34. The summed E-state index contributed by atoms with van der Waals surface area (Å²) >= 11 is 1.75. The highest BCUT2D eigenvalue weighted by molar-refractivity contribution is 7.09. The fraction of sp³-hybridized carbons (Fsp3) is 0.350. The van der Waals surface area contributed by atoms with Crippen LogP contribution in [0.2, 0.25) is 0 Å². The van der Waals surface area contributed by atoms with E-state index in [-0.39, 0.29) is 0 Å². The Morgan fingerprint density at radius 2 is 1.62 bits per heavy atom. The minimum Gasteiger partial charge on any atom is -0.338 e. The second kappa shape index (κ2) is 7.51. The van der Waals surface area contributed by atoms with Gasteiger partial charge in [-0.2, -0.15) is 0 Å². The van der Waals surface area contributed by atoms with Gasteiger partial charge in [-0.05, 0) is 19.9 Å². The van der Waals surface area contributed by atoms with Crippen molar-refractivity contribution in [3.05, 3.63) is 58.2 Å². The molecule has 0 saturated carbocycles. The van der Waals surface area contributed by atoms with Crippen molar-refractivity contribution in [1.29, 1.82) is 0 Å². The van der Waals surface area contributed by atoms with Crippen LogP contribution in [0.15, 0.2) is 41.8 Å². The van der Waals surface area contributed by atoms with Crippen LogP contribution in [0.4, 0.5) is 5.95 Å². The first-order valence-corrected chi connectivity index (χ1v) is 9.85. The summed E-state index contributed by atoms with van der Waals surface area (Å²) in [6, 6.07) is 12.4. The van der Waals surface area contributed by atoms with Crippen molar-refractivity contribution < 1.29 is 0 Å². The molecule has 3 heterocycles. The molecule has 2 aromatic heterocycles. The molecule has 1 aliphatic rings. The van der Waals surface area contributed by atoms with E-state index in [1.54, 1.807) is 11.3 Å². The number of anilines is 1. The van der Waals surface area contributed by atoms with E-state index in [9.17, 15) is 0 Å². The van der Waals surface area contributed by atoms with Gasteiger partial charge in [0, 0.05) is 48.5 Å². The molecule has 134 valence electrons. The Morgan fingerprint density at radius 1 is 0.923 bits per heavy atom. The van der Waals surface area contributed by atoms with Crippen molar-refractivity contribution in [2.45, 2.75) is 20.4 Å². The Balaban J connectivity index is 1.36. The molecule has 0 unspecified atom stereocenters. The fourth-order valence-electron chi connectivity index (χ4n) is 3.27. The van der Waals surface area contributed by atoms with Crippen LogP contribution in [0.1, 0.15) is 16.4 Å². The SMILES string of the molecule is Cc1cc(C)nc(N2CCN(Cc3nc(-c4ccccc4)cs3)CC2)n1. The third-order valence-electron chi connectivity index (χ3n) is 4.61. The van der Waals surface area contributed by atoms with E-state index >= 15 is 0 Å². The van der Waals surface area contributed by atoms with Crippen LogP contribution in [0.3, 0.4) is 0 Å². The summed E-state index contributed by atoms with van der Waals surface area (Å²) in [5.74, 6) is 0.864. The van der Waals surface area contributed by atoms with Gasteiger partial charge < -0.3 is 4.90 Å². The number of thiazole rings is 1. The van der Waals surface area contributed by atoms with Gasteiger partial charge in [0.25, 0.3) is 0 Å². The molecule has 0 bridgehead atoms. The van der Waals surface area contributed by atoms with Crippen molar-refractivity contribution in [3.8, 4) is 11.3 Å². The Morgan fingerprint density at radius 3 is 2.31 bits per heavy atom. The first kappa shape index (κ1) is 17.1. The molecule has 0 N–H and O–H groups in total. The van der Waals surface area contributed by atoms with Gasteiger partial charge in [-0.15, -0.1) is 11.3 Å². The predicted molar refractivity (Wildman–Crippen MR) is 107 cm³/mol. The van der Waals surface area contributed by atoms with E-state index in [1.807, 2.05) is 26.0 Å². The van der Waals surface area contributed by atoms with E-state index < -0.39 is 0 Å². The zero-order valence-corrected chi connectivity index (χ0v) is 16.0. The molecule has 0 spiro atoms. The van der Waals surface area contributed by atoms with E-state index in [4.69, 9.17) is 4.98 Å². The topological polar surface area (TPSA) is 45.2 Å². The fourth-order valence-corrected chi connectivity index (χ4v) is 4.12. The number of hydrogen-bond donors (Lipinski definition) is 0. The van der Waals surface area contributed by atoms with E-state index in [0.717, 1.165) is 55.8 Å². The number of piperazine rings is 1. The Kier molecular flexibility index (Phi) is 4.95. The zero-order valence-electron chi connectivity index (χ0n) is 15.2. The highest BCUT2D eigenvalue weighted by Gasteiger charge is 2.20. The summed E-state index contributed by atoms with van der Waals surface area (Å²) in [5.41, 5.74) is 4.33. The summed E-state index contributed by atoms with van der Waals surface area (Å²) < 4.78 is 0. The quantitative estimate of drug-likeness (QED) is 0.708. The molecule has 6 heteroatoms. The molecule has 5 nitrogen and oxygen atoms in total.